The predicted octanol–water partition coefficient (Wildman–Crippen LogP) is 4.87. The Morgan fingerprint density at radius 1 is 0.903 bits per heavy atom. The van der Waals surface area contributed by atoms with Gasteiger partial charge in [0.25, 0.3) is 0 Å². The fourth-order valence-electron chi connectivity index (χ4n) is 4.37. The van der Waals surface area contributed by atoms with Crippen LogP contribution in [0.5, 0.6) is 11.5 Å². The SMILES string of the molecule is COc1ccc(C(OCC2CCCN2O)(c2ccccc2)c2ccccc2)c(OC)c1. The van der Waals surface area contributed by atoms with Crippen molar-refractivity contribution in [1.29, 1.82) is 0 Å². The molecule has 0 spiro atoms. The first-order valence-electron chi connectivity index (χ1n) is 10.6. The molecule has 0 radical (unpaired) electrons. The summed E-state index contributed by atoms with van der Waals surface area (Å²) in [7, 11) is 3.30. The summed E-state index contributed by atoms with van der Waals surface area (Å²) in [5.74, 6) is 1.40. The van der Waals surface area contributed by atoms with E-state index in [-0.39, 0.29) is 6.04 Å². The van der Waals surface area contributed by atoms with Gasteiger partial charge in [-0.25, -0.2) is 0 Å². The second-order valence-corrected chi connectivity index (χ2v) is 7.75. The van der Waals surface area contributed by atoms with E-state index in [1.807, 2.05) is 54.6 Å². The molecule has 1 aliphatic heterocycles. The van der Waals surface area contributed by atoms with Gasteiger partial charge in [0.1, 0.15) is 17.1 Å². The standard InChI is InChI=1S/C26H29NO4/c1-29-23-15-16-24(25(18-23)30-2)26(20-10-5-3-6-11-20,21-12-7-4-8-13-21)31-19-22-14-9-17-27(22)28/h3-8,10-13,15-16,18,22,28H,9,14,17,19H2,1-2H3. The molecule has 4 rings (SSSR count). The molecule has 3 aromatic carbocycles. The average molecular weight is 420 g/mol. The number of methoxy groups -OCH3 is 2. The third-order valence-electron chi connectivity index (χ3n) is 5.99. The molecule has 0 amide bonds. The number of hydroxylamine groups is 2. The van der Waals surface area contributed by atoms with Crippen LogP contribution in [0.15, 0.2) is 78.9 Å². The van der Waals surface area contributed by atoms with Crippen molar-refractivity contribution in [2.75, 3.05) is 27.4 Å². The summed E-state index contributed by atoms with van der Waals surface area (Å²) in [6.07, 6.45) is 1.86. The lowest BCUT2D eigenvalue weighted by molar-refractivity contribution is -0.132. The normalized spacial score (nSPS) is 16.9. The van der Waals surface area contributed by atoms with Crippen molar-refractivity contribution in [2.45, 2.75) is 24.5 Å². The van der Waals surface area contributed by atoms with Crippen LogP contribution in [0.3, 0.4) is 0 Å². The summed E-state index contributed by atoms with van der Waals surface area (Å²) < 4.78 is 18.1. The maximum Gasteiger partial charge on any atom is 0.147 e. The molecule has 31 heavy (non-hydrogen) atoms. The minimum absolute atomic E-state index is 0.0453. The molecule has 1 aliphatic rings. The lowest BCUT2D eigenvalue weighted by atomic mass is 9.79. The molecule has 1 fully saturated rings. The zero-order valence-corrected chi connectivity index (χ0v) is 18.0. The summed E-state index contributed by atoms with van der Waals surface area (Å²) >= 11 is 0. The summed E-state index contributed by atoms with van der Waals surface area (Å²) in [5.41, 5.74) is 1.96. The van der Waals surface area contributed by atoms with Gasteiger partial charge in [-0.2, -0.15) is 5.06 Å². The number of nitrogens with zero attached hydrogens (tertiary/aromatic N) is 1. The zero-order valence-electron chi connectivity index (χ0n) is 18.0. The number of ether oxygens (including phenoxy) is 3. The van der Waals surface area contributed by atoms with Crippen LogP contribution in [0, 0.1) is 0 Å². The third kappa shape index (κ3) is 4.17. The van der Waals surface area contributed by atoms with E-state index in [4.69, 9.17) is 14.2 Å². The van der Waals surface area contributed by atoms with Crippen molar-refractivity contribution in [3.63, 3.8) is 0 Å². The van der Waals surface area contributed by atoms with Crippen molar-refractivity contribution < 1.29 is 19.4 Å². The van der Waals surface area contributed by atoms with Crippen LogP contribution in [0.4, 0.5) is 0 Å². The first kappa shape index (κ1) is 21.4. The largest absolute Gasteiger partial charge is 0.497 e. The van der Waals surface area contributed by atoms with E-state index in [2.05, 4.69) is 24.3 Å². The minimum atomic E-state index is -0.913. The molecule has 0 aliphatic carbocycles. The Morgan fingerprint density at radius 3 is 2.06 bits per heavy atom. The zero-order chi connectivity index (χ0) is 21.7. The second-order valence-electron chi connectivity index (χ2n) is 7.75. The molecule has 5 heteroatoms. The molecule has 1 N–H and O–H groups in total. The molecule has 162 valence electrons. The van der Waals surface area contributed by atoms with E-state index in [9.17, 15) is 5.21 Å². The second kappa shape index (κ2) is 9.52. The molecule has 5 nitrogen and oxygen atoms in total. The quantitative estimate of drug-likeness (QED) is 0.528. The van der Waals surface area contributed by atoms with E-state index in [1.165, 1.54) is 5.06 Å². The van der Waals surface area contributed by atoms with Gasteiger partial charge in [-0.1, -0.05) is 60.7 Å². The first-order valence-corrected chi connectivity index (χ1v) is 10.6. The molecular formula is C26H29NO4. The highest BCUT2D eigenvalue weighted by Gasteiger charge is 2.41. The number of rotatable bonds is 8. The fraction of sp³-hybridized carbons (Fsp3) is 0.308. The van der Waals surface area contributed by atoms with Crippen LogP contribution in [0.25, 0.3) is 0 Å². The van der Waals surface area contributed by atoms with Gasteiger partial charge in [0.2, 0.25) is 0 Å². The van der Waals surface area contributed by atoms with Crippen LogP contribution in [-0.2, 0) is 10.3 Å². The van der Waals surface area contributed by atoms with Gasteiger partial charge in [0.15, 0.2) is 0 Å². The Bertz CT molecular complexity index is 938. The van der Waals surface area contributed by atoms with Gasteiger partial charge in [-0.15, -0.1) is 0 Å². The predicted molar refractivity (Wildman–Crippen MR) is 120 cm³/mol. The van der Waals surface area contributed by atoms with Crippen LogP contribution >= 0.6 is 0 Å². The molecule has 1 unspecified atom stereocenters. The highest BCUT2D eigenvalue weighted by atomic mass is 16.5. The summed E-state index contributed by atoms with van der Waals surface area (Å²) in [6, 6.07) is 26.1. The van der Waals surface area contributed by atoms with Gasteiger partial charge in [-0.05, 0) is 36.1 Å². The van der Waals surface area contributed by atoms with Crippen molar-refractivity contribution in [3.05, 3.63) is 95.6 Å². The molecule has 1 heterocycles. The fourth-order valence-corrected chi connectivity index (χ4v) is 4.37. The van der Waals surface area contributed by atoms with Gasteiger partial charge in [-0.3, -0.25) is 0 Å². The Balaban J connectivity index is 1.92. The molecule has 3 aromatic rings. The van der Waals surface area contributed by atoms with Crippen LogP contribution in [0.2, 0.25) is 0 Å². The molecule has 1 atom stereocenters. The maximum absolute atomic E-state index is 10.3. The molecule has 0 saturated carbocycles. The van der Waals surface area contributed by atoms with E-state index >= 15 is 0 Å². The summed E-state index contributed by atoms with van der Waals surface area (Å²) in [6.45, 7) is 1.05. The average Bonchev–Trinajstić information content (AvgIpc) is 3.25. The molecular weight excluding hydrogens is 390 g/mol. The molecule has 1 saturated heterocycles. The van der Waals surface area contributed by atoms with E-state index < -0.39 is 5.60 Å². The van der Waals surface area contributed by atoms with E-state index in [0.29, 0.717) is 24.7 Å². The maximum atomic E-state index is 10.3. The third-order valence-corrected chi connectivity index (χ3v) is 5.99. The first-order chi connectivity index (χ1) is 15.2. The van der Waals surface area contributed by atoms with E-state index in [0.717, 1.165) is 29.5 Å². The highest BCUT2D eigenvalue weighted by Crippen LogP contribution is 2.45. The number of hydrogen-bond donors (Lipinski definition) is 1. The Kier molecular flexibility index (Phi) is 6.56. The van der Waals surface area contributed by atoms with E-state index in [1.54, 1.807) is 14.2 Å². The van der Waals surface area contributed by atoms with Gasteiger partial charge < -0.3 is 19.4 Å². The molecule has 0 bridgehead atoms. The van der Waals surface area contributed by atoms with Gasteiger partial charge >= 0.3 is 0 Å². The smallest absolute Gasteiger partial charge is 0.147 e. The monoisotopic (exact) mass is 419 g/mol. The van der Waals surface area contributed by atoms with Crippen LogP contribution in [0.1, 0.15) is 29.5 Å². The van der Waals surface area contributed by atoms with Crippen LogP contribution < -0.4 is 9.47 Å². The van der Waals surface area contributed by atoms with Gasteiger partial charge in [0, 0.05) is 18.2 Å². The Hall–Kier alpha value is -2.86. The Labute approximate surface area is 183 Å². The molecule has 0 aromatic heterocycles. The minimum Gasteiger partial charge on any atom is -0.497 e. The summed E-state index contributed by atoms with van der Waals surface area (Å²) in [4.78, 5) is 0. The van der Waals surface area contributed by atoms with Crippen molar-refractivity contribution in [3.8, 4) is 11.5 Å². The van der Waals surface area contributed by atoms with Crippen LogP contribution in [-0.4, -0.2) is 43.7 Å². The van der Waals surface area contributed by atoms with Crippen molar-refractivity contribution >= 4 is 0 Å². The topological polar surface area (TPSA) is 51.2 Å². The summed E-state index contributed by atoms with van der Waals surface area (Å²) in [5, 5.41) is 11.7. The lowest BCUT2D eigenvalue weighted by Crippen LogP contribution is -2.39. The highest BCUT2D eigenvalue weighted by molar-refractivity contribution is 5.55. The number of benzene rings is 3. The number of hydrogen-bond acceptors (Lipinski definition) is 5. The van der Waals surface area contributed by atoms with Crippen molar-refractivity contribution in [2.24, 2.45) is 0 Å². The lowest BCUT2D eigenvalue weighted by Gasteiger charge is -2.38. The van der Waals surface area contributed by atoms with Gasteiger partial charge in [0.05, 0.1) is 26.9 Å². The Morgan fingerprint density at radius 2 is 1.55 bits per heavy atom. The van der Waals surface area contributed by atoms with Crippen molar-refractivity contribution in [1.82, 2.24) is 5.06 Å².